The van der Waals surface area contributed by atoms with Gasteiger partial charge in [-0.15, -0.1) is 0 Å². The van der Waals surface area contributed by atoms with E-state index >= 15 is 0 Å². The molecule has 3 N–H and O–H groups in total. The molecule has 0 fully saturated rings. The van der Waals surface area contributed by atoms with Crippen LogP contribution >= 0.6 is 0 Å². The zero-order chi connectivity index (χ0) is 44.4. The fourth-order valence-electron chi connectivity index (χ4n) is 8.02. The lowest BCUT2D eigenvalue weighted by Gasteiger charge is -2.20. The zero-order valence-corrected chi connectivity index (χ0v) is 40.6. The van der Waals surface area contributed by atoms with E-state index in [0.29, 0.717) is 19.4 Å². The lowest BCUT2D eigenvalue weighted by atomic mass is 10.0. The first-order valence-electron chi connectivity index (χ1n) is 26.8. The average molecular weight is 858 g/mol. The van der Waals surface area contributed by atoms with Gasteiger partial charge in [0.15, 0.2) is 0 Å². The third-order valence-corrected chi connectivity index (χ3v) is 12.2. The summed E-state index contributed by atoms with van der Waals surface area (Å²) in [7, 11) is 0. The number of rotatable bonds is 49. The number of hydrogen-bond donors (Lipinski definition) is 3. The predicted molar refractivity (Wildman–Crippen MR) is 264 cm³/mol. The van der Waals surface area contributed by atoms with E-state index in [-0.39, 0.29) is 18.5 Å². The summed E-state index contributed by atoms with van der Waals surface area (Å²) in [6.45, 7) is 4.85. The van der Waals surface area contributed by atoms with E-state index in [1.807, 2.05) is 6.08 Å². The van der Waals surface area contributed by atoms with Gasteiger partial charge in [0, 0.05) is 12.8 Å². The maximum atomic E-state index is 12.4. The number of carbonyl (C=O) groups excluding carboxylic acids is 2. The van der Waals surface area contributed by atoms with Gasteiger partial charge in [-0.1, -0.05) is 230 Å². The van der Waals surface area contributed by atoms with Crippen molar-refractivity contribution in [2.75, 3.05) is 13.2 Å². The largest absolute Gasteiger partial charge is 0.466 e. The van der Waals surface area contributed by atoms with E-state index in [9.17, 15) is 19.8 Å². The highest BCUT2D eigenvalue weighted by Crippen LogP contribution is 2.15. The Morgan fingerprint density at radius 2 is 0.820 bits per heavy atom. The molecule has 0 aliphatic rings. The van der Waals surface area contributed by atoms with Gasteiger partial charge in [-0.2, -0.15) is 0 Å². The van der Waals surface area contributed by atoms with Crippen LogP contribution in [0.15, 0.2) is 36.5 Å². The van der Waals surface area contributed by atoms with Crippen molar-refractivity contribution in [3.63, 3.8) is 0 Å². The van der Waals surface area contributed by atoms with Crippen LogP contribution in [0.4, 0.5) is 0 Å². The SMILES string of the molecule is CCCCCCCCCCCCCC/C=C/C(O)C(CO)NC(=O)CCCCCCCCC/C=C\C/C=C\CCCCCOC(=O)CCCCCCCCCCCCCCC. The summed E-state index contributed by atoms with van der Waals surface area (Å²) >= 11 is 0. The molecule has 0 rings (SSSR count). The van der Waals surface area contributed by atoms with Gasteiger partial charge < -0.3 is 20.3 Å². The number of carbonyl (C=O) groups is 2. The maximum Gasteiger partial charge on any atom is 0.305 e. The molecule has 0 spiro atoms. The minimum absolute atomic E-state index is 0.0154. The summed E-state index contributed by atoms with van der Waals surface area (Å²) in [5.41, 5.74) is 0. The lowest BCUT2D eigenvalue weighted by Crippen LogP contribution is -2.45. The van der Waals surface area contributed by atoms with Crippen molar-refractivity contribution in [3.8, 4) is 0 Å². The molecule has 0 aromatic carbocycles. The third-order valence-electron chi connectivity index (χ3n) is 12.2. The summed E-state index contributed by atoms with van der Waals surface area (Å²) in [5, 5.41) is 23.0. The molecule has 0 radical (unpaired) electrons. The second-order valence-electron chi connectivity index (χ2n) is 18.2. The molecule has 0 aliphatic heterocycles. The number of amides is 1. The summed E-state index contributed by atoms with van der Waals surface area (Å²) in [5.74, 6) is -0.0998. The molecule has 61 heavy (non-hydrogen) atoms. The Bertz CT molecular complexity index is 993. The Balaban J connectivity index is 3.53. The Morgan fingerprint density at radius 1 is 0.459 bits per heavy atom. The molecule has 358 valence electrons. The number of aliphatic hydroxyl groups is 2. The summed E-state index contributed by atoms with van der Waals surface area (Å²) in [6.07, 6.45) is 61.5. The Kier molecular flexibility index (Phi) is 49.1. The van der Waals surface area contributed by atoms with Crippen molar-refractivity contribution in [2.24, 2.45) is 0 Å². The summed E-state index contributed by atoms with van der Waals surface area (Å²) in [4.78, 5) is 24.4. The van der Waals surface area contributed by atoms with Crippen molar-refractivity contribution in [3.05, 3.63) is 36.5 Å². The zero-order valence-electron chi connectivity index (χ0n) is 40.6. The van der Waals surface area contributed by atoms with Crippen LogP contribution in [0.2, 0.25) is 0 Å². The number of hydrogen-bond acceptors (Lipinski definition) is 5. The highest BCUT2D eigenvalue weighted by Gasteiger charge is 2.18. The fourth-order valence-corrected chi connectivity index (χ4v) is 8.02. The van der Waals surface area contributed by atoms with Crippen molar-refractivity contribution in [1.29, 1.82) is 0 Å². The van der Waals surface area contributed by atoms with E-state index in [1.54, 1.807) is 6.08 Å². The molecule has 0 aliphatic carbocycles. The molecule has 0 bridgehead atoms. The molecule has 0 heterocycles. The van der Waals surface area contributed by atoms with Crippen LogP contribution in [0.3, 0.4) is 0 Å². The molecule has 0 saturated carbocycles. The molecule has 0 saturated heterocycles. The van der Waals surface area contributed by atoms with E-state index in [0.717, 1.165) is 83.5 Å². The number of unbranched alkanes of at least 4 members (excludes halogenated alkanes) is 34. The van der Waals surface area contributed by atoms with Crippen LogP contribution in [0.25, 0.3) is 0 Å². The Hall–Kier alpha value is -1.92. The number of nitrogens with one attached hydrogen (secondary N) is 1. The van der Waals surface area contributed by atoms with Crippen LogP contribution in [-0.4, -0.2) is 47.4 Å². The molecule has 0 aromatic heterocycles. The number of ether oxygens (including phenoxy) is 1. The van der Waals surface area contributed by atoms with Crippen molar-refractivity contribution >= 4 is 11.9 Å². The average Bonchev–Trinajstić information content (AvgIpc) is 3.26. The summed E-state index contributed by atoms with van der Waals surface area (Å²) < 4.78 is 5.44. The van der Waals surface area contributed by atoms with Gasteiger partial charge in [0.25, 0.3) is 0 Å². The minimum Gasteiger partial charge on any atom is -0.466 e. The van der Waals surface area contributed by atoms with Gasteiger partial charge in [-0.3, -0.25) is 9.59 Å². The minimum atomic E-state index is -0.854. The first-order valence-corrected chi connectivity index (χ1v) is 26.8. The smallest absolute Gasteiger partial charge is 0.305 e. The van der Waals surface area contributed by atoms with Gasteiger partial charge in [0.2, 0.25) is 5.91 Å². The Morgan fingerprint density at radius 3 is 1.25 bits per heavy atom. The van der Waals surface area contributed by atoms with E-state index in [4.69, 9.17) is 4.74 Å². The van der Waals surface area contributed by atoms with Crippen LogP contribution in [0, 0.1) is 0 Å². The van der Waals surface area contributed by atoms with Crippen molar-refractivity contribution in [2.45, 2.75) is 289 Å². The second kappa shape index (κ2) is 50.7. The first kappa shape index (κ1) is 59.1. The van der Waals surface area contributed by atoms with Gasteiger partial charge in [-0.25, -0.2) is 0 Å². The van der Waals surface area contributed by atoms with Gasteiger partial charge in [0.05, 0.1) is 25.4 Å². The third kappa shape index (κ3) is 47.4. The van der Waals surface area contributed by atoms with Crippen LogP contribution < -0.4 is 5.32 Å². The molecule has 2 unspecified atom stereocenters. The highest BCUT2D eigenvalue weighted by atomic mass is 16.5. The normalized spacial score (nSPS) is 12.9. The molecule has 1 amide bonds. The molecular weight excluding hydrogens is 755 g/mol. The van der Waals surface area contributed by atoms with Crippen LogP contribution in [0.5, 0.6) is 0 Å². The quantitative estimate of drug-likeness (QED) is 0.0322. The molecule has 2 atom stereocenters. The Labute approximate surface area is 379 Å². The number of esters is 1. The summed E-state index contributed by atoms with van der Waals surface area (Å²) in [6, 6.07) is -0.639. The van der Waals surface area contributed by atoms with E-state index in [1.165, 1.54) is 167 Å². The van der Waals surface area contributed by atoms with Crippen molar-refractivity contribution in [1.82, 2.24) is 5.32 Å². The number of aliphatic hydroxyl groups excluding tert-OH is 2. The monoisotopic (exact) mass is 858 g/mol. The maximum absolute atomic E-state index is 12.4. The molecule has 6 nitrogen and oxygen atoms in total. The molecular formula is C55H103NO5. The molecule has 0 aromatic rings. The van der Waals surface area contributed by atoms with Crippen LogP contribution in [-0.2, 0) is 14.3 Å². The highest BCUT2D eigenvalue weighted by molar-refractivity contribution is 5.76. The first-order chi connectivity index (χ1) is 30.0. The number of allylic oxidation sites excluding steroid dienone is 5. The van der Waals surface area contributed by atoms with E-state index < -0.39 is 12.1 Å². The van der Waals surface area contributed by atoms with Crippen molar-refractivity contribution < 1.29 is 24.5 Å². The predicted octanol–water partition coefficient (Wildman–Crippen LogP) is 16.1. The van der Waals surface area contributed by atoms with Gasteiger partial charge in [0.1, 0.15) is 0 Å². The fraction of sp³-hybridized carbons (Fsp3) is 0.855. The van der Waals surface area contributed by atoms with Gasteiger partial charge >= 0.3 is 5.97 Å². The molecule has 6 heteroatoms. The van der Waals surface area contributed by atoms with Gasteiger partial charge in [-0.05, 0) is 70.6 Å². The topological polar surface area (TPSA) is 95.9 Å². The van der Waals surface area contributed by atoms with Crippen LogP contribution in [0.1, 0.15) is 277 Å². The lowest BCUT2D eigenvalue weighted by molar-refractivity contribution is -0.143. The standard InChI is InChI=1S/C55H103NO5/c1-3-5-7-9-11-13-15-17-24-27-31-35-39-43-47-53(58)52(51-57)56-54(59)48-44-40-36-32-28-25-21-19-18-20-22-26-30-34-38-42-46-50-61-55(60)49-45-41-37-33-29-23-16-14-12-10-8-6-4-2/h18,20,26,30,43,47,52-53,57-58H,3-17,19,21-25,27-29,31-42,44-46,48-51H2,1-2H3,(H,56,59)/b20-18-,30-26-,47-43+. The van der Waals surface area contributed by atoms with E-state index in [2.05, 4.69) is 43.5 Å². The second-order valence-corrected chi connectivity index (χ2v) is 18.2.